The molecule has 4 nitrogen and oxygen atoms in total. The molecule has 0 unspecified atom stereocenters. The summed E-state index contributed by atoms with van der Waals surface area (Å²) in [4.78, 5) is 12.0. The van der Waals surface area contributed by atoms with Gasteiger partial charge in [0.15, 0.2) is 0 Å². The summed E-state index contributed by atoms with van der Waals surface area (Å²) in [7, 11) is 1.63. The van der Waals surface area contributed by atoms with Gasteiger partial charge in [-0.3, -0.25) is 4.79 Å². The van der Waals surface area contributed by atoms with E-state index in [0.717, 1.165) is 22.6 Å². The Kier molecular flexibility index (Phi) is 3.51. The Morgan fingerprint density at radius 3 is 2.33 bits per heavy atom. The van der Waals surface area contributed by atoms with Crippen molar-refractivity contribution in [2.24, 2.45) is 0 Å². The third kappa shape index (κ3) is 2.69. The van der Waals surface area contributed by atoms with Crippen LogP contribution in [0.3, 0.4) is 0 Å². The number of nitrogens with zero attached hydrogens (tertiary/aromatic N) is 1. The summed E-state index contributed by atoms with van der Waals surface area (Å²) in [6.07, 6.45) is 0. The second-order valence-corrected chi connectivity index (χ2v) is 4.59. The minimum atomic E-state index is -0.196. The third-order valence-electron chi connectivity index (χ3n) is 3.27. The van der Waals surface area contributed by atoms with Gasteiger partial charge in [0.1, 0.15) is 5.75 Å². The van der Waals surface area contributed by atoms with Crippen LogP contribution in [0.25, 0.3) is 22.4 Å². The maximum atomic E-state index is 12.0. The topological polar surface area (TPSA) is 55.0 Å². The van der Waals surface area contributed by atoms with E-state index >= 15 is 0 Å². The average molecular weight is 278 g/mol. The molecule has 0 spiro atoms. The van der Waals surface area contributed by atoms with Crippen LogP contribution in [0.2, 0.25) is 0 Å². The van der Waals surface area contributed by atoms with E-state index in [2.05, 4.69) is 10.2 Å². The lowest BCUT2D eigenvalue weighted by molar-refractivity contribution is 0.415. The number of rotatable bonds is 3. The first-order valence-electron chi connectivity index (χ1n) is 6.57. The summed E-state index contributed by atoms with van der Waals surface area (Å²) < 4.78 is 5.14. The molecule has 1 heterocycles. The van der Waals surface area contributed by atoms with E-state index in [0.29, 0.717) is 5.56 Å². The minimum absolute atomic E-state index is 0.196. The van der Waals surface area contributed by atoms with E-state index in [1.807, 2.05) is 54.6 Å². The normalized spacial score (nSPS) is 10.3. The quantitative estimate of drug-likeness (QED) is 0.801. The van der Waals surface area contributed by atoms with Gasteiger partial charge < -0.3 is 4.74 Å². The van der Waals surface area contributed by atoms with Crippen LogP contribution in [0.5, 0.6) is 5.75 Å². The summed E-state index contributed by atoms with van der Waals surface area (Å²) in [6.45, 7) is 0. The van der Waals surface area contributed by atoms with Crippen molar-refractivity contribution in [3.63, 3.8) is 0 Å². The molecule has 0 saturated heterocycles. The zero-order valence-electron chi connectivity index (χ0n) is 11.5. The van der Waals surface area contributed by atoms with Gasteiger partial charge in [-0.2, -0.15) is 5.10 Å². The van der Waals surface area contributed by atoms with Crippen LogP contribution in [0.4, 0.5) is 0 Å². The van der Waals surface area contributed by atoms with Crippen LogP contribution in [0, 0.1) is 0 Å². The predicted molar refractivity (Wildman–Crippen MR) is 82.3 cm³/mol. The molecule has 1 aromatic heterocycles. The predicted octanol–water partition coefficient (Wildman–Crippen LogP) is 3.11. The number of aromatic amines is 1. The Morgan fingerprint density at radius 2 is 1.67 bits per heavy atom. The molecule has 3 rings (SSSR count). The number of hydrogen-bond donors (Lipinski definition) is 1. The van der Waals surface area contributed by atoms with Crippen molar-refractivity contribution in [1.29, 1.82) is 0 Å². The van der Waals surface area contributed by atoms with Gasteiger partial charge in [0.2, 0.25) is 0 Å². The fourth-order valence-corrected chi connectivity index (χ4v) is 2.15. The van der Waals surface area contributed by atoms with Crippen molar-refractivity contribution in [2.75, 3.05) is 7.11 Å². The van der Waals surface area contributed by atoms with E-state index < -0.39 is 0 Å². The molecule has 2 aromatic carbocycles. The van der Waals surface area contributed by atoms with Gasteiger partial charge in [-0.1, -0.05) is 30.3 Å². The maximum Gasteiger partial charge on any atom is 0.272 e. The number of nitrogens with one attached hydrogen (secondary N) is 1. The van der Waals surface area contributed by atoms with Crippen LogP contribution in [0.1, 0.15) is 0 Å². The molecular formula is C17H14N2O2. The lowest BCUT2D eigenvalue weighted by Gasteiger charge is -2.05. The summed E-state index contributed by atoms with van der Waals surface area (Å²) >= 11 is 0. The van der Waals surface area contributed by atoms with Gasteiger partial charge >= 0.3 is 0 Å². The first-order valence-corrected chi connectivity index (χ1v) is 6.57. The molecule has 4 heteroatoms. The number of ether oxygens (including phenoxy) is 1. The Morgan fingerprint density at radius 1 is 0.952 bits per heavy atom. The number of aromatic nitrogens is 2. The molecule has 21 heavy (non-hydrogen) atoms. The summed E-state index contributed by atoms with van der Waals surface area (Å²) in [5.41, 5.74) is 2.92. The van der Waals surface area contributed by atoms with Crippen molar-refractivity contribution in [2.45, 2.75) is 0 Å². The second-order valence-electron chi connectivity index (χ2n) is 4.59. The summed E-state index contributed by atoms with van der Waals surface area (Å²) in [5.74, 6) is 0.784. The molecule has 3 aromatic rings. The Hall–Kier alpha value is -2.88. The molecule has 0 fully saturated rings. The number of methoxy groups -OCH3 is 1. The third-order valence-corrected chi connectivity index (χ3v) is 3.27. The van der Waals surface area contributed by atoms with Gasteiger partial charge in [0, 0.05) is 5.56 Å². The Balaban J connectivity index is 2.06. The van der Waals surface area contributed by atoms with E-state index in [-0.39, 0.29) is 5.56 Å². The van der Waals surface area contributed by atoms with Crippen molar-refractivity contribution < 1.29 is 4.74 Å². The highest BCUT2D eigenvalue weighted by molar-refractivity contribution is 5.69. The van der Waals surface area contributed by atoms with E-state index in [1.54, 1.807) is 13.2 Å². The first kappa shape index (κ1) is 13.1. The van der Waals surface area contributed by atoms with Crippen molar-refractivity contribution in [1.82, 2.24) is 10.2 Å². The van der Waals surface area contributed by atoms with Crippen molar-refractivity contribution in [3.05, 3.63) is 71.0 Å². The molecular weight excluding hydrogens is 264 g/mol. The standard InChI is InChI=1S/C17H14N2O2/c1-21-14-9-7-13(8-10-14)16-11-15(17(20)19-18-16)12-5-3-2-4-6-12/h2-11H,1H3,(H,19,20). The van der Waals surface area contributed by atoms with E-state index in [9.17, 15) is 4.79 Å². The largest absolute Gasteiger partial charge is 0.497 e. The maximum absolute atomic E-state index is 12.0. The van der Waals surface area contributed by atoms with Gasteiger partial charge in [0.25, 0.3) is 5.56 Å². The fourth-order valence-electron chi connectivity index (χ4n) is 2.15. The second kappa shape index (κ2) is 5.63. The molecule has 0 radical (unpaired) electrons. The van der Waals surface area contributed by atoms with Crippen LogP contribution in [-0.2, 0) is 0 Å². The molecule has 0 aliphatic heterocycles. The molecule has 0 amide bonds. The van der Waals surface area contributed by atoms with Crippen LogP contribution >= 0.6 is 0 Å². The SMILES string of the molecule is COc1ccc(-c2cc(-c3ccccc3)c(=O)[nH]n2)cc1. The zero-order chi connectivity index (χ0) is 14.7. The van der Waals surface area contributed by atoms with Crippen LogP contribution in [-0.4, -0.2) is 17.3 Å². The lowest BCUT2D eigenvalue weighted by Crippen LogP contribution is -2.11. The Labute approximate surface area is 122 Å². The fraction of sp³-hybridized carbons (Fsp3) is 0.0588. The van der Waals surface area contributed by atoms with Gasteiger partial charge in [-0.15, -0.1) is 0 Å². The molecule has 0 saturated carbocycles. The highest BCUT2D eigenvalue weighted by atomic mass is 16.5. The molecule has 0 bridgehead atoms. The molecule has 1 N–H and O–H groups in total. The molecule has 104 valence electrons. The smallest absolute Gasteiger partial charge is 0.272 e. The number of H-pyrrole nitrogens is 1. The minimum Gasteiger partial charge on any atom is -0.497 e. The van der Waals surface area contributed by atoms with Crippen molar-refractivity contribution in [3.8, 4) is 28.1 Å². The average Bonchev–Trinajstić information content (AvgIpc) is 2.56. The van der Waals surface area contributed by atoms with E-state index in [4.69, 9.17) is 4.74 Å². The monoisotopic (exact) mass is 278 g/mol. The van der Waals surface area contributed by atoms with Crippen LogP contribution < -0.4 is 10.3 Å². The number of hydrogen-bond acceptors (Lipinski definition) is 3. The van der Waals surface area contributed by atoms with Gasteiger partial charge in [-0.25, -0.2) is 5.10 Å². The van der Waals surface area contributed by atoms with Gasteiger partial charge in [-0.05, 0) is 35.9 Å². The molecule has 0 atom stereocenters. The Bertz CT molecular complexity index is 793. The molecule has 0 aliphatic rings. The summed E-state index contributed by atoms with van der Waals surface area (Å²) in [5, 5.41) is 6.67. The van der Waals surface area contributed by atoms with Crippen molar-refractivity contribution >= 4 is 0 Å². The van der Waals surface area contributed by atoms with Gasteiger partial charge in [0.05, 0.1) is 18.4 Å². The lowest BCUT2D eigenvalue weighted by atomic mass is 10.0. The first-order chi connectivity index (χ1) is 10.3. The zero-order valence-corrected chi connectivity index (χ0v) is 11.5. The van der Waals surface area contributed by atoms with Crippen LogP contribution in [0.15, 0.2) is 65.5 Å². The van der Waals surface area contributed by atoms with E-state index in [1.165, 1.54) is 0 Å². The highest BCUT2D eigenvalue weighted by Gasteiger charge is 2.07. The molecule has 0 aliphatic carbocycles. The highest BCUT2D eigenvalue weighted by Crippen LogP contribution is 2.23. The summed E-state index contributed by atoms with van der Waals surface area (Å²) in [6, 6.07) is 18.9. The number of benzene rings is 2.